The van der Waals surface area contributed by atoms with E-state index in [0.29, 0.717) is 12.0 Å². The van der Waals surface area contributed by atoms with Crippen LogP contribution in [0, 0.1) is 5.92 Å². The zero-order valence-corrected chi connectivity index (χ0v) is 12.5. The summed E-state index contributed by atoms with van der Waals surface area (Å²) in [5.41, 5.74) is 0. The summed E-state index contributed by atoms with van der Waals surface area (Å²) in [5.74, 6) is 1.61. The quantitative estimate of drug-likeness (QED) is 0.840. The summed E-state index contributed by atoms with van der Waals surface area (Å²) >= 11 is 3.35. The second-order valence-corrected chi connectivity index (χ2v) is 5.72. The molecule has 0 aromatic carbocycles. The molecule has 0 bridgehead atoms. The van der Waals surface area contributed by atoms with E-state index in [1.807, 2.05) is 12.4 Å². The highest BCUT2D eigenvalue weighted by Crippen LogP contribution is 2.10. The van der Waals surface area contributed by atoms with E-state index in [9.17, 15) is 0 Å². The van der Waals surface area contributed by atoms with Crippen LogP contribution in [0.1, 0.15) is 39.4 Å². The minimum Gasteiger partial charge on any atom is -0.314 e. The molecule has 4 heteroatoms. The first-order valence-electron chi connectivity index (χ1n) is 6.31. The van der Waals surface area contributed by atoms with Gasteiger partial charge in [0.05, 0.1) is 4.47 Å². The van der Waals surface area contributed by atoms with Gasteiger partial charge in [0.15, 0.2) is 0 Å². The van der Waals surface area contributed by atoms with Gasteiger partial charge in [-0.3, -0.25) is 0 Å². The Hall–Kier alpha value is -0.480. The largest absolute Gasteiger partial charge is 0.314 e. The topological polar surface area (TPSA) is 37.8 Å². The average molecular weight is 300 g/mol. The standard InChI is InChI=1S/C13H22BrN3/c1-4-5-15-12(6-10(2)3)7-13-16-8-11(14)9-17-13/h8-10,12,15H,4-7H2,1-3H3. The van der Waals surface area contributed by atoms with Gasteiger partial charge in [-0.1, -0.05) is 20.8 Å². The fourth-order valence-electron chi connectivity index (χ4n) is 1.82. The van der Waals surface area contributed by atoms with E-state index in [-0.39, 0.29) is 0 Å². The van der Waals surface area contributed by atoms with Crippen molar-refractivity contribution in [1.82, 2.24) is 15.3 Å². The van der Waals surface area contributed by atoms with Crippen molar-refractivity contribution >= 4 is 15.9 Å². The second kappa shape index (κ2) is 7.77. The Morgan fingerprint density at radius 1 is 1.29 bits per heavy atom. The van der Waals surface area contributed by atoms with E-state index >= 15 is 0 Å². The van der Waals surface area contributed by atoms with Gasteiger partial charge in [0.2, 0.25) is 0 Å². The van der Waals surface area contributed by atoms with Crippen molar-refractivity contribution < 1.29 is 0 Å². The van der Waals surface area contributed by atoms with E-state index < -0.39 is 0 Å². The van der Waals surface area contributed by atoms with Crippen LogP contribution in [0.5, 0.6) is 0 Å². The third-order valence-corrected chi connectivity index (χ3v) is 2.95. The fraction of sp³-hybridized carbons (Fsp3) is 0.692. The molecule has 1 unspecified atom stereocenters. The van der Waals surface area contributed by atoms with Crippen molar-refractivity contribution in [1.29, 1.82) is 0 Å². The molecule has 1 heterocycles. The first-order chi connectivity index (χ1) is 8.11. The molecule has 0 aliphatic carbocycles. The smallest absolute Gasteiger partial charge is 0.129 e. The number of aromatic nitrogens is 2. The third kappa shape index (κ3) is 6.13. The lowest BCUT2D eigenvalue weighted by molar-refractivity contribution is 0.410. The number of rotatable bonds is 7. The number of nitrogens with zero attached hydrogens (tertiary/aromatic N) is 2. The molecule has 17 heavy (non-hydrogen) atoms. The van der Waals surface area contributed by atoms with E-state index in [1.54, 1.807) is 0 Å². The second-order valence-electron chi connectivity index (χ2n) is 4.80. The zero-order valence-electron chi connectivity index (χ0n) is 10.9. The van der Waals surface area contributed by atoms with Crippen LogP contribution in [-0.4, -0.2) is 22.6 Å². The lowest BCUT2D eigenvalue weighted by Crippen LogP contribution is -2.33. The van der Waals surface area contributed by atoms with Crippen LogP contribution < -0.4 is 5.32 Å². The SMILES string of the molecule is CCCNC(Cc1ncc(Br)cn1)CC(C)C. The normalized spacial score (nSPS) is 13.0. The number of halogens is 1. The summed E-state index contributed by atoms with van der Waals surface area (Å²) in [5, 5.41) is 3.57. The van der Waals surface area contributed by atoms with Gasteiger partial charge in [-0.2, -0.15) is 0 Å². The summed E-state index contributed by atoms with van der Waals surface area (Å²) < 4.78 is 0.933. The summed E-state index contributed by atoms with van der Waals surface area (Å²) in [7, 11) is 0. The first-order valence-corrected chi connectivity index (χ1v) is 7.11. The Morgan fingerprint density at radius 2 is 1.94 bits per heavy atom. The van der Waals surface area contributed by atoms with Gasteiger partial charge >= 0.3 is 0 Å². The molecule has 0 spiro atoms. The molecule has 1 aromatic rings. The minimum absolute atomic E-state index is 0.483. The molecule has 0 saturated heterocycles. The first kappa shape index (κ1) is 14.6. The predicted octanol–water partition coefficient (Wildman–Crippen LogP) is 3.20. The highest BCUT2D eigenvalue weighted by Gasteiger charge is 2.12. The molecule has 1 rings (SSSR count). The van der Waals surface area contributed by atoms with Crippen LogP contribution >= 0.6 is 15.9 Å². The van der Waals surface area contributed by atoms with Crippen molar-refractivity contribution in [3.63, 3.8) is 0 Å². The van der Waals surface area contributed by atoms with Crippen LogP contribution in [-0.2, 0) is 6.42 Å². The highest BCUT2D eigenvalue weighted by atomic mass is 79.9. The molecular weight excluding hydrogens is 278 g/mol. The van der Waals surface area contributed by atoms with E-state index in [1.165, 1.54) is 6.42 Å². The summed E-state index contributed by atoms with van der Waals surface area (Å²) in [6, 6.07) is 0.483. The van der Waals surface area contributed by atoms with Crippen molar-refractivity contribution in [2.75, 3.05) is 6.54 Å². The molecule has 0 fully saturated rings. The Morgan fingerprint density at radius 3 is 2.47 bits per heavy atom. The number of hydrogen-bond donors (Lipinski definition) is 1. The molecule has 3 nitrogen and oxygen atoms in total. The maximum Gasteiger partial charge on any atom is 0.129 e. The van der Waals surface area contributed by atoms with Crippen LogP contribution in [0.25, 0.3) is 0 Å². The van der Waals surface area contributed by atoms with Gasteiger partial charge in [-0.15, -0.1) is 0 Å². The molecule has 0 aliphatic rings. The van der Waals surface area contributed by atoms with Gasteiger partial charge in [0.25, 0.3) is 0 Å². The molecule has 0 saturated carbocycles. The van der Waals surface area contributed by atoms with Crippen LogP contribution in [0.3, 0.4) is 0 Å². The van der Waals surface area contributed by atoms with E-state index in [4.69, 9.17) is 0 Å². The molecule has 0 radical (unpaired) electrons. The lowest BCUT2D eigenvalue weighted by Gasteiger charge is -2.19. The Bertz CT molecular complexity index is 311. The maximum absolute atomic E-state index is 4.34. The maximum atomic E-state index is 4.34. The molecular formula is C13H22BrN3. The monoisotopic (exact) mass is 299 g/mol. The molecule has 0 aliphatic heterocycles. The molecule has 96 valence electrons. The van der Waals surface area contributed by atoms with Crippen molar-refractivity contribution in [2.24, 2.45) is 5.92 Å². The predicted molar refractivity (Wildman–Crippen MR) is 75.0 cm³/mol. The third-order valence-electron chi connectivity index (χ3n) is 2.54. The van der Waals surface area contributed by atoms with Crippen molar-refractivity contribution in [2.45, 2.75) is 46.1 Å². The van der Waals surface area contributed by atoms with Gasteiger partial charge < -0.3 is 5.32 Å². The Labute approximate surface area is 113 Å². The number of hydrogen-bond acceptors (Lipinski definition) is 3. The van der Waals surface area contributed by atoms with E-state index in [0.717, 1.165) is 29.7 Å². The average Bonchev–Trinajstić information content (AvgIpc) is 2.28. The van der Waals surface area contributed by atoms with Gasteiger partial charge in [-0.25, -0.2) is 9.97 Å². The fourth-order valence-corrected chi connectivity index (χ4v) is 2.03. The molecule has 1 aromatic heterocycles. The van der Waals surface area contributed by atoms with Crippen LogP contribution in [0.2, 0.25) is 0 Å². The lowest BCUT2D eigenvalue weighted by atomic mass is 10.0. The van der Waals surface area contributed by atoms with Crippen molar-refractivity contribution in [3.05, 3.63) is 22.7 Å². The van der Waals surface area contributed by atoms with E-state index in [2.05, 4.69) is 52.0 Å². The number of nitrogens with one attached hydrogen (secondary N) is 1. The van der Waals surface area contributed by atoms with Crippen molar-refractivity contribution in [3.8, 4) is 0 Å². The molecule has 1 N–H and O–H groups in total. The van der Waals surface area contributed by atoms with Crippen LogP contribution in [0.4, 0.5) is 0 Å². The summed E-state index contributed by atoms with van der Waals surface area (Å²) in [4.78, 5) is 8.67. The van der Waals surface area contributed by atoms with Crippen LogP contribution in [0.15, 0.2) is 16.9 Å². The molecule has 0 amide bonds. The minimum atomic E-state index is 0.483. The van der Waals surface area contributed by atoms with Gasteiger partial charge in [0.1, 0.15) is 5.82 Å². The molecule has 1 atom stereocenters. The summed E-state index contributed by atoms with van der Waals surface area (Å²) in [6.07, 6.45) is 6.86. The van der Waals surface area contributed by atoms with Gasteiger partial charge in [0, 0.05) is 24.9 Å². The highest BCUT2D eigenvalue weighted by molar-refractivity contribution is 9.10. The zero-order chi connectivity index (χ0) is 12.7. The Balaban J connectivity index is 2.54. The summed E-state index contributed by atoms with van der Waals surface area (Å²) in [6.45, 7) is 7.76. The Kier molecular flexibility index (Phi) is 6.66. The van der Waals surface area contributed by atoms with Gasteiger partial charge in [-0.05, 0) is 41.2 Å².